The van der Waals surface area contributed by atoms with E-state index in [0.717, 1.165) is 6.07 Å². The summed E-state index contributed by atoms with van der Waals surface area (Å²) in [6.07, 6.45) is 1.04. The van der Waals surface area contributed by atoms with Gasteiger partial charge in [-0.2, -0.15) is 0 Å². The van der Waals surface area contributed by atoms with Crippen molar-refractivity contribution in [3.8, 4) is 0 Å². The van der Waals surface area contributed by atoms with Crippen LogP contribution in [0.15, 0.2) is 18.2 Å². The van der Waals surface area contributed by atoms with E-state index in [1.165, 1.54) is 12.1 Å². The minimum absolute atomic E-state index is 0.0421. The predicted octanol–water partition coefficient (Wildman–Crippen LogP) is 1.59. The molecular formula is C12H15FN2O3. The molecule has 18 heavy (non-hydrogen) atoms. The predicted molar refractivity (Wildman–Crippen MR) is 64.9 cm³/mol. The number of hydrogen-bond acceptors (Lipinski definition) is 3. The van der Waals surface area contributed by atoms with Crippen LogP contribution in [0.3, 0.4) is 0 Å². The number of aliphatic carboxylic acids is 1. The molecule has 1 aromatic rings. The molecular weight excluding hydrogens is 239 g/mol. The minimum Gasteiger partial charge on any atom is -0.480 e. The Hall–Kier alpha value is -2.11. The van der Waals surface area contributed by atoms with Crippen LogP contribution in [0.4, 0.5) is 10.1 Å². The van der Waals surface area contributed by atoms with E-state index in [4.69, 9.17) is 10.8 Å². The van der Waals surface area contributed by atoms with Gasteiger partial charge in [0.25, 0.3) is 0 Å². The molecule has 0 radical (unpaired) electrons. The van der Waals surface area contributed by atoms with E-state index in [-0.39, 0.29) is 11.3 Å². The van der Waals surface area contributed by atoms with Crippen molar-refractivity contribution >= 4 is 17.6 Å². The summed E-state index contributed by atoms with van der Waals surface area (Å²) in [4.78, 5) is 21.8. The number of nitrogens with two attached hydrogens (primary N) is 1. The molecule has 1 atom stereocenters. The number of primary amides is 1. The Morgan fingerprint density at radius 2 is 2.17 bits per heavy atom. The van der Waals surface area contributed by atoms with Gasteiger partial charge in [-0.1, -0.05) is 13.3 Å². The summed E-state index contributed by atoms with van der Waals surface area (Å²) in [5.41, 5.74) is 5.09. The van der Waals surface area contributed by atoms with Gasteiger partial charge in [0.2, 0.25) is 5.91 Å². The molecule has 1 rings (SSSR count). The highest BCUT2D eigenvalue weighted by Crippen LogP contribution is 2.17. The first-order valence-corrected chi connectivity index (χ1v) is 5.54. The number of halogens is 1. The van der Waals surface area contributed by atoms with E-state index in [9.17, 15) is 14.0 Å². The number of hydrogen-bond donors (Lipinski definition) is 3. The lowest BCUT2D eigenvalue weighted by Crippen LogP contribution is -2.29. The first-order valence-electron chi connectivity index (χ1n) is 5.54. The molecule has 5 nitrogen and oxygen atoms in total. The minimum atomic E-state index is -1.05. The highest BCUT2D eigenvalue weighted by Gasteiger charge is 2.17. The Morgan fingerprint density at radius 1 is 1.50 bits per heavy atom. The Balaban J connectivity index is 2.90. The maximum absolute atomic E-state index is 13.6. The van der Waals surface area contributed by atoms with Gasteiger partial charge in [-0.15, -0.1) is 0 Å². The maximum atomic E-state index is 13.6. The smallest absolute Gasteiger partial charge is 0.326 e. The van der Waals surface area contributed by atoms with Gasteiger partial charge in [-0.05, 0) is 24.6 Å². The molecule has 1 amide bonds. The fraction of sp³-hybridized carbons (Fsp3) is 0.333. The van der Waals surface area contributed by atoms with Crippen molar-refractivity contribution < 1.29 is 19.1 Å². The topological polar surface area (TPSA) is 92.4 Å². The number of amides is 1. The van der Waals surface area contributed by atoms with Gasteiger partial charge < -0.3 is 16.2 Å². The third kappa shape index (κ3) is 3.44. The van der Waals surface area contributed by atoms with Gasteiger partial charge in [-0.25, -0.2) is 9.18 Å². The zero-order valence-corrected chi connectivity index (χ0v) is 9.94. The summed E-state index contributed by atoms with van der Waals surface area (Å²) in [5, 5.41) is 11.5. The zero-order valence-electron chi connectivity index (χ0n) is 9.94. The molecule has 98 valence electrons. The van der Waals surface area contributed by atoms with E-state index in [2.05, 4.69) is 5.32 Å². The van der Waals surface area contributed by atoms with Crippen LogP contribution in [0.25, 0.3) is 0 Å². The summed E-state index contributed by atoms with van der Waals surface area (Å²) >= 11 is 0. The van der Waals surface area contributed by atoms with E-state index in [1.807, 2.05) is 6.92 Å². The van der Waals surface area contributed by atoms with Crippen LogP contribution >= 0.6 is 0 Å². The van der Waals surface area contributed by atoms with Gasteiger partial charge in [0.05, 0.1) is 5.69 Å². The fourth-order valence-electron chi connectivity index (χ4n) is 1.52. The second kappa shape index (κ2) is 6.00. The lowest BCUT2D eigenvalue weighted by Gasteiger charge is -2.15. The standard InChI is InChI=1S/C12H15FN2O3/c1-2-3-10(12(17)18)15-9-5-4-7(11(14)16)6-8(9)13/h4-6,10,15H,2-3H2,1H3,(H2,14,16)(H,17,18). The molecule has 6 heteroatoms. The molecule has 0 bridgehead atoms. The second-order valence-corrected chi connectivity index (χ2v) is 3.88. The molecule has 1 unspecified atom stereocenters. The molecule has 0 saturated carbocycles. The summed E-state index contributed by atoms with van der Waals surface area (Å²) < 4.78 is 13.6. The Kier molecular flexibility index (Phi) is 4.65. The van der Waals surface area contributed by atoms with Crippen LogP contribution in [0.2, 0.25) is 0 Å². The van der Waals surface area contributed by atoms with Crippen LogP contribution in [0.1, 0.15) is 30.1 Å². The SMILES string of the molecule is CCCC(Nc1ccc(C(N)=O)cc1F)C(=O)O. The Bertz CT molecular complexity index is 463. The lowest BCUT2D eigenvalue weighted by molar-refractivity contribution is -0.138. The van der Waals surface area contributed by atoms with Crippen LogP contribution in [0, 0.1) is 5.82 Å². The van der Waals surface area contributed by atoms with E-state index < -0.39 is 23.7 Å². The largest absolute Gasteiger partial charge is 0.480 e. The van der Waals surface area contributed by atoms with Crippen molar-refractivity contribution in [3.63, 3.8) is 0 Å². The van der Waals surface area contributed by atoms with Crippen molar-refractivity contribution in [3.05, 3.63) is 29.6 Å². The van der Waals surface area contributed by atoms with Crippen molar-refractivity contribution in [2.75, 3.05) is 5.32 Å². The van der Waals surface area contributed by atoms with Gasteiger partial charge in [0, 0.05) is 5.56 Å². The average molecular weight is 254 g/mol. The Labute approximate surface area is 104 Å². The molecule has 0 heterocycles. The monoisotopic (exact) mass is 254 g/mol. The lowest BCUT2D eigenvalue weighted by atomic mass is 10.1. The third-order valence-electron chi connectivity index (χ3n) is 2.46. The fourth-order valence-corrected chi connectivity index (χ4v) is 1.52. The van der Waals surface area contributed by atoms with Crippen LogP contribution in [-0.4, -0.2) is 23.0 Å². The molecule has 4 N–H and O–H groups in total. The molecule has 1 aromatic carbocycles. The summed E-state index contributed by atoms with van der Waals surface area (Å²) in [6.45, 7) is 1.84. The van der Waals surface area contributed by atoms with Crippen LogP contribution < -0.4 is 11.1 Å². The summed E-state index contributed by atoms with van der Waals surface area (Å²) in [6, 6.07) is 2.78. The van der Waals surface area contributed by atoms with E-state index in [1.54, 1.807) is 0 Å². The van der Waals surface area contributed by atoms with Gasteiger partial charge >= 0.3 is 5.97 Å². The van der Waals surface area contributed by atoms with Crippen molar-refractivity contribution in [2.45, 2.75) is 25.8 Å². The molecule has 0 spiro atoms. The molecule has 0 aliphatic heterocycles. The van der Waals surface area contributed by atoms with Crippen molar-refractivity contribution in [1.82, 2.24) is 0 Å². The van der Waals surface area contributed by atoms with Gasteiger partial charge in [0.1, 0.15) is 11.9 Å². The quantitative estimate of drug-likeness (QED) is 0.718. The number of carbonyl (C=O) groups is 2. The highest BCUT2D eigenvalue weighted by molar-refractivity contribution is 5.93. The van der Waals surface area contributed by atoms with E-state index in [0.29, 0.717) is 12.8 Å². The third-order valence-corrected chi connectivity index (χ3v) is 2.46. The average Bonchev–Trinajstić information content (AvgIpc) is 2.30. The second-order valence-electron chi connectivity index (χ2n) is 3.88. The van der Waals surface area contributed by atoms with Crippen molar-refractivity contribution in [1.29, 1.82) is 0 Å². The summed E-state index contributed by atoms with van der Waals surface area (Å²) in [7, 11) is 0. The van der Waals surface area contributed by atoms with Crippen molar-refractivity contribution in [2.24, 2.45) is 5.73 Å². The van der Waals surface area contributed by atoms with Gasteiger partial charge in [0.15, 0.2) is 0 Å². The highest BCUT2D eigenvalue weighted by atomic mass is 19.1. The number of nitrogens with one attached hydrogen (secondary N) is 1. The van der Waals surface area contributed by atoms with Crippen LogP contribution in [-0.2, 0) is 4.79 Å². The Morgan fingerprint density at radius 3 is 2.61 bits per heavy atom. The maximum Gasteiger partial charge on any atom is 0.326 e. The summed E-state index contributed by atoms with van der Waals surface area (Å²) in [5.74, 6) is -2.48. The number of anilines is 1. The molecule has 0 aliphatic rings. The molecule has 0 aromatic heterocycles. The van der Waals surface area contributed by atoms with Crippen LogP contribution in [0.5, 0.6) is 0 Å². The molecule has 0 fully saturated rings. The van der Waals surface area contributed by atoms with Gasteiger partial charge in [-0.3, -0.25) is 4.79 Å². The number of rotatable bonds is 6. The molecule has 0 aliphatic carbocycles. The first kappa shape index (κ1) is 14.0. The zero-order chi connectivity index (χ0) is 13.7. The first-order chi connectivity index (χ1) is 8.45. The number of benzene rings is 1. The molecule has 0 saturated heterocycles. The number of carboxylic acids is 1. The normalized spacial score (nSPS) is 11.9. The van der Waals surface area contributed by atoms with E-state index >= 15 is 0 Å². The number of carbonyl (C=O) groups excluding carboxylic acids is 1. The number of carboxylic acid groups (broad SMARTS) is 1.